The number of rotatable bonds is 7. The first-order valence-electron chi connectivity index (χ1n) is 7.40. The standard InChI is InChI=1S/C16H19N5O/c1-13(8-11-21-10-5-9-18-21)17-12-15-19-16(22-20-15)14-6-3-2-4-7-14/h2-7,9-10,13,17H,8,11-12H2,1H3. The van der Waals surface area contributed by atoms with Crippen LogP contribution in [0.3, 0.4) is 0 Å². The molecule has 2 aromatic heterocycles. The predicted octanol–water partition coefficient (Wildman–Crippen LogP) is 2.50. The molecule has 1 N–H and O–H groups in total. The molecule has 0 saturated carbocycles. The summed E-state index contributed by atoms with van der Waals surface area (Å²) in [6.07, 6.45) is 4.76. The molecule has 0 saturated heterocycles. The lowest BCUT2D eigenvalue weighted by Gasteiger charge is -2.11. The number of nitrogens with zero attached hydrogens (tertiary/aromatic N) is 4. The van der Waals surface area contributed by atoms with Crippen molar-refractivity contribution < 1.29 is 4.52 Å². The third kappa shape index (κ3) is 3.79. The van der Waals surface area contributed by atoms with Gasteiger partial charge in [-0.2, -0.15) is 10.1 Å². The lowest BCUT2D eigenvalue weighted by atomic mass is 10.2. The number of hydrogen-bond acceptors (Lipinski definition) is 5. The van der Waals surface area contributed by atoms with Crippen LogP contribution in [-0.4, -0.2) is 26.0 Å². The van der Waals surface area contributed by atoms with Crippen molar-refractivity contribution in [3.8, 4) is 11.5 Å². The van der Waals surface area contributed by atoms with Gasteiger partial charge in [0.05, 0.1) is 6.54 Å². The molecule has 2 heterocycles. The fourth-order valence-electron chi connectivity index (χ4n) is 2.15. The summed E-state index contributed by atoms with van der Waals surface area (Å²) in [4.78, 5) is 4.40. The molecule has 1 unspecified atom stereocenters. The van der Waals surface area contributed by atoms with Gasteiger partial charge in [-0.05, 0) is 31.5 Å². The highest BCUT2D eigenvalue weighted by Crippen LogP contribution is 2.15. The number of aryl methyl sites for hydroxylation is 1. The Morgan fingerprint density at radius 1 is 1.23 bits per heavy atom. The van der Waals surface area contributed by atoms with Crippen LogP contribution in [0.4, 0.5) is 0 Å². The molecule has 114 valence electrons. The van der Waals surface area contributed by atoms with Crippen LogP contribution in [0.25, 0.3) is 11.5 Å². The molecular formula is C16H19N5O. The zero-order valence-corrected chi connectivity index (χ0v) is 12.5. The molecule has 3 rings (SSSR count). The Morgan fingerprint density at radius 3 is 2.86 bits per heavy atom. The molecule has 0 spiro atoms. The minimum absolute atomic E-state index is 0.350. The highest BCUT2D eigenvalue weighted by molar-refractivity contribution is 5.51. The summed E-state index contributed by atoms with van der Waals surface area (Å²) in [5, 5.41) is 11.6. The molecule has 0 fully saturated rings. The van der Waals surface area contributed by atoms with E-state index in [4.69, 9.17) is 4.52 Å². The highest BCUT2D eigenvalue weighted by atomic mass is 16.5. The molecule has 6 nitrogen and oxygen atoms in total. The van der Waals surface area contributed by atoms with Gasteiger partial charge in [0.25, 0.3) is 5.89 Å². The van der Waals surface area contributed by atoms with Crippen LogP contribution in [-0.2, 0) is 13.1 Å². The molecule has 22 heavy (non-hydrogen) atoms. The van der Waals surface area contributed by atoms with Crippen LogP contribution in [0, 0.1) is 0 Å². The van der Waals surface area contributed by atoms with Crippen LogP contribution in [0.5, 0.6) is 0 Å². The molecule has 3 aromatic rings. The fourth-order valence-corrected chi connectivity index (χ4v) is 2.15. The molecule has 6 heteroatoms. The second kappa shape index (κ2) is 7.00. The lowest BCUT2D eigenvalue weighted by molar-refractivity contribution is 0.409. The summed E-state index contributed by atoms with van der Waals surface area (Å²) in [6, 6.07) is 12.1. The smallest absolute Gasteiger partial charge is 0.257 e. The van der Waals surface area contributed by atoms with Crippen molar-refractivity contribution in [2.24, 2.45) is 0 Å². The van der Waals surface area contributed by atoms with E-state index in [2.05, 4.69) is 27.5 Å². The normalized spacial score (nSPS) is 12.4. The van der Waals surface area contributed by atoms with E-state index in [1.54, 1.807) is 6.20 Å². The molecule has 0 radical (unpaired) electrons. The summed E-state index contributed by atoms with van der Waals surface area (Å²) in [6.45, 7) is 3.63. The van der Waals surface area contributed by atoms with Gasteiger partial charge in [-0.1, -0.05) is 23.4 Å². The van der Waals surface area contributed by atoms with Crippen LogP contribution in [0.15, 0.2) is 53.3 Å². The Bertz CT molecular complexity index is 678. The Balaban J connectivity index is 1.48. The lowest BCUT2D eigenvalue weighted by Crippen LogP contribution is -2.27. The van der Waals surface area contributed by atoms with Gasteiger partial charge in [0.2, 0.25) is 0 Å². The minimum Gasteiger partial charge on any atom is -0.334 e. The summed E-state index contributed by atoms with van der Waals surface area (Å²) in [7, 11) is 0. The number of hydrogen-bond donors (Lipinski definition) is 1. The van der Waals surface area contributed by atoms with Gasteiger partial charge < -0.3 is 9.84 Å². The van der Waals surface area contributed by atoms with Gasteiger partial charge in [0.1, 0.15) is 0 Å². The second-order valence-corrected chi connectivity index (χ2v) is 5.22. The van der Waals surface area contributed by atoms with E-state index in [9.17, 15) is 0 Å². The van der Waals surface area contributed by atoms with Crippen LogP contribution in [0.1, 0.15) is 19.2 Å². The van der Waals surface area contributed by atoms with E-state index in [1.807, 2.05) is 47.3 Å². The second-order valence-electron chi connectivity index (χ2n) is 5.22. The Hall–Kier alpha value is -2.47. The van der Waals surface area contributed by atoms with Crippen molar-refractivity contribution in [1.29, 1.82) is 0 Å². The van der Waals surface area contributed by atoms with E-state index in [0.29, 0.717) is 24.3 Å². The van der Waals surface area contributed by atoms with Crippen molar-refractivity contribution >= 4 is 0 Å². The first kappa shape index (κ1) is 14.5. The zero-order valence-electron chi connectivity index (χ0n) is 12.5. The maximum atomic E-state index is 5.29. The first-order chi connectivity index (χ1) is 10.8. The fraction of sp³-hybridized carbons (Fsp3) is 0.312. The van der Waals surface area contributed by atoms with Crippen LogP contribution < -0.4 is 5.32 Å². The Morgan fingerprint density at radius 2 is 2.09 bits per heavy atom. The van der Waals surface area contributed by atoms with Gasteiger partial charge in [-0.3, -0.25) is 4.68 Å². The van der Waals surface area contributed by atoms with Crippen molar-refractivity contribution in [3.05, 3.63) is 54.6 Å². The van der Waals surface area contributed by atoms with Gasteiger partial charge in [-0.25, -0.2) is 0 Å². The van der Waals surface area contributed by atoms with Crippen molar-refractivity contribution in [2.45, 2.75) is 32.5 Å². The number of benzene rings is 1. The van der Waals surface area contributed by atoms with E-state index in [0.717, 1.165) is 18.5 Å². The molecule has 0 aliphatic heterocycles. The van der Waals surface area contributed by atoms with E-state index >= 15 is 0 Å². The molecule has 0 aliphatic carbocycles. The average molecular weight is 297 g/mol. The van der Waals surface area contributed by atoms with E-state index in [1.165, 1.54) is 0 Å². The quantitative estimate of drug-likeness (QED) is 0.725. The van der Waals surface area contributed by atoms with Crippen molar-refractivity contribution in [2.75, 3.05) is 0 Å². The number of nitrogens with one attached hydrogen (secondary N) is 1. The molecule has 0 amide bonds. The molecule has 0 bridgehead atoms. The molecule has 1 aromatic carbocycles. The third-order valence-corrected chi connectivity index (χ3v) is 3.45. The summed E-state index contributed by atoms with van der Waals surface area (Å²) in [5.74, 6) is 1.23. The zero-order chi connectivity index (χ0) is 15.2. The van der Waals surface area contributed by atoms with Crippen molar-refractivity contribution in [1.82, 2.24) is 25.2 Å². The van der Waals surface area contributed by atoms with Gasteiger partial charge in [-0.15, -0.1) is 0 Å². The Kier molecular flexibility index (Phi) is 4.60. The summed E-state index contributed by atoms with van der Waals surface area (Å²) >= 11 is 0. The number of aromatic nitrogens is 4. The first-order valence-corrected chi connectivity index (χ1v) is 7.40. The van der Waals surface area contributed by atoms with Crippen molar-refractivity contribution in [3.63, 3.8) is 0 Å². The topological polar surface area (TPSA) is 68.8 Å². The summed E-state index contributed by atoms with van der Waals surface area (Å²) in [5.41, 5.74) is 0.938. The largest absolute Gasteiger partial charge is 0.334 e. The highest BCUT2D eigenvalue weighted by Gasteiger charge is 2.09. The Labute approximate surface area is 129 Å². The maximum absolute atomic E-state index is 5.29. The predicted molar refractivity (Wildman–Crippen MR) is 82.9 cm³/mol. The molecule has 0 aliphatic rings. The third-order valence-electron chi connectivity index (χ3n) is 3.45. The van der Waals surface area contributed by atoms with E-state index < -0.39 is 0 Å². The van der Waals surface area contributed by atoms with Crippen LogP contribution in [0.2, 0.25) is 0 Å². The van der Waals surface area contributed by atoms with E-state index in [-0.39, 0.29) is 0 Å². The van der Waals surface area contributed by atoms with Gasteiger partial charge in [0.15, 0.2) is 5.82 Å². The molecular weight excluding hydrogens is 278 g/mol. The van der Waals surface area contributed by atoms with Gasteiger partial charge in [0, 0.05) is 30.5 Å². The average Bonchev–Trinajstić information content (AvgIpc) is 3.23. The van der Waals surface area contributed by atoms with Gasteiger partial charge >= 0.3 is 0 Å². The molecule has 1 atom stereocenters. The monoisotopic (exact) mass is 297 g/mol. The summed E-state index contributed by atoms with van der Waals surface area (Å²) < 4.78 is 7.22. The van der Waals surface area contributed by atoms with Crippen LogP contribution >= 0.6 is 0 Å². The minimum atomic E-state index is 0.350. The SMILES string of the molecule is CC(CCn1cccn1)NCc1noc(-c2ccccc2)n1. The maximum Gasteiger partial charge on any atom is 0.257 e.